The first-order chi connectivity index (χ1) is 9.24. The van der Waals surface area contributed by atoms with Gasteiger partial charge in [0, 0.05) is 6.61 Å². The molecule has 4 heteroatoms. The molecule has 0 aliphatic heterocycles. The maximum Gasteiger partial charge on any atom is 0.161 e. The van der Waals surface area contributed by atoms with Gasteiger partial charge in [-0.05, 0) is 49.4 Å². The number of methoxy groups -OCH3 is 1. The van der Waals surface area contributed by atoms with Gasteiger partial charge in [0.15, 0.2) is 11.5 Å². The zero-order valence-electron chi connectivity index (χ0n) is 11.9. The van der Waals surface area contributed by atoms with Crippen molar-refractivity contribution in [1.82, 2.24) is 0 Å². The lowest BCUT2D eigenvalue weighted by Crippen LogP contribution is -2.18. The van der Waals surface area contributed by atoms with Crippen LogP contribution in [0.2, 0.25) is 0 Å². The molecule has 1 rings (SSSR count). The lowest BCUT2D eigenvalue weighted by molar-refractivity contribution is 0.223. The summed E-state index contributed by atoms with van der Waals surface area (Å²) < 4.78 is 11.0. The number of hydrogen-bond donors (Lipinski definition) is 2. The van der Waals surface area contributed by atoms with Gasteiger partial charge >= 0.3 is 0 Å². The predicted octanol–water partition coefficient (Wildman–Crippen LogP) is 1.98. The smallest absolute Gasteiger partial charge is 0.161 e. The number of nitrogens with two attached hydrogens (primary N) is 1. The van der Waals surface area contributed by atoms with Gasteiger partial charge < -0.3 is 20.3 Å². The zero-order chi connectivity index (χ0) is 14.1. The minimum Gasteiger partial charge on any atom is -0.493 e. The summed E-state index contributed by atoms with van der Waals surface area (Å²) in [5, 5.41) is 9.12. The van der Waals surface area contributed by atoms with Crippen LogP contribution in [-0.2, 0) is 6.42 Å². The molecule has 1 atom stereocenters. The SMILES string of the molecule is CCCOc1ccc(CCC(CN)CO)cc1OC. The minimum absolute atomic E-state index is 0.144. The van der Waals surface area contributed by atoms with Crippen molar-refractivity contribution in [2.45, 2.75) is 26.2 Å². The number of aliphatic hydroxyl groups is 1. The first-order valence-corrected chi connectivity index (χ1v) is 6.85. The Labute approximate surface area is 115 Å². The van der Waals surface area contributed by atoms with Gasteiger partial charge in [-0.3, -0.25) is 0 Å². The Morgan fingerprint density at radius 1 is 1.32 bits per heavy atom. The van der Waals surface area contributed by atoms with Crippen molar-refractivity contribution in [1.29, 1.82) is 0 Å². The molecule has 0 aliphatic rings. The second-order valence-corrected chi connectivity index (χ2v) is 4.66. The molecule has 0 aromatic heterocycles. The van der Waals surface area contributed by atoms with E-state index in [1.54, 1.807) is 7.11 Å². The van der Waals surface area contributed by atoms with Gasteiger partial charge in [-0.2, -0.15) is 0 Å². The lowest BCUT2D eigenvalue weighted by Gasteiger charge is -2.14. The van der Waals surface area contributed by atoms with Crippen molar-refractivity contribution < 1.29 is 14.6 Å². The molecule has 0 saturated carbocycles. The monoisotopic (exact) mass is 267 g/mol. The van der Waals surface area contributed by atoms with Crippen LogP contribution >= 0.6 is 0 Å². The summed E-state index contributed by atoms with van der Waals surface area (Å²) in [6.45, 7) is 3.43. The second kappa shape index (κ2) is 8.77. The Morgan fingerprint density at radius 3 is 2.68 bits per heavy atom. The highest BCUT2D eigenvalue weighted by Gasteiger charge is 2.08. The molecule has 1 aromatic carbocycles. The summed E-state index contributed by atoms with van der Waals surface area (Å²) in [5.41, 5.74) is 6.75. The van der Waals surface area contributed by atoms with Crippen LogP contribution in [0.1, 0.15) is 25.3 Å². The van der Waals surface area contributed by atoms with Crippen LogP contribution in [0.3, 0.4) is 0 Å². The quantitative estimate of drug-likeness (QED) is 0.718. The normalized spacial score (nSPS) is 12.2. The van der Waals surface area contributed by atoms with Crippen molar-refractivity contribution >= 4 is 0 Å². The van der Waals surface area contributed by atoms with Crippen LogP contribution in [0.25, 0.3) is 0 Å². The molecule has 108 valence electrons. The fourth-order valence-electron chi connectivity index (χ4n) is 1.85. The third kappa shape index (κ3) is 5.09. The first-order valence-electron chi connectivity index (χ1n) is 6.85. The average molecular weight is 267 g/mol. The molecule has 3 N–H and O–H groups in total. The number of benzene rings is 1. The van der Waals surface area contributed by atoms with E-state index in [0.717, 1.165) is 30.8 Å². The number of aliphatic hydroxyl groups excluding tert-OH is 1. The maximum atomic E-state index is 9.12. The summed E-state index contributed by atoms with van der Waals surface area (Å²) in [7, 11) is 1.65. The molecule has 19 heavy (non-hydrogen) atoms. The third-order valence-corrected chi connectivity index (χ3v) is 3.12. The number of rotatable bonds is 9. The van der Waals surface area contributed by atoms with Crippen molar-refractivity contribution in [2.24, 2.45) is 11.7 Å². The zero-order valence-corrected chi connectivity index (χ0v) is 11.9. The van der Waals surface area contributed by atoms with Crippen molar-refractivity contribution in [2.75, 3.05) is 26.9 Å². The predicted molar refractivity (Wildman–Crippen MR) is 76.7 cm³/mol. The second-order valence-electron chi connectivity index (χ2n) is 4.66. The molecule has 0 fully saturated rings. The van der Waals surface area contributed by atoms with Crippen LogP contribution in [0.15, 0.2) is 18.2 Å². The van der Waals surface area contributed by atoms with Gasteiger partial charge in [0.2, 0.25) is 0 Å². The Hall–Kier alpha value is -1.26. The van der Waals surface area contributed by atoms with Gasteiger partial charge in [0.1, 0.15) is 0 Å². The van der Waals surface area contributed by atoms with Gasteiger partial charge in [0.25, 0.3) is 0 Å². The van der Waals surface area contributed by atoms with E-state index in [-0.39, 0.29) is 12.5 Å². The van der Waals surface area contributed by atoms with E-state index in [2.05, 4.69) is 6.92 Å². The molecule has 0 bridgehead atoms. The highest BCUT2D eigenvalue weighted by atomic mass is 16.5. The number of aryl methyl sites for hydroxylation is 1. The Bertz CT molecular complexity index is 364. The van der Waals surface area contributed by atoms with E-state index in [9.17, 15) is 0 Å². The highest BCUT2D eigenvalue weighted by molar-refractivity contribution is 5.43. The summed E-state index contributed by atoms with van der Waals surface area (Å²) in [5.74, 6) is 1.71. The van der Waals surface area contributed by atoms with E-state index in [0.29, 0.717) is 13.2 Å². The minimum atomic E-state index is 0.144. The van der Waals surface area contributed by atoms with Crippen LogP contribution in [0.4, 0.5) is 0 Å². The van der Waals surface area contributed by atoms with Crippen LogP contribution in [0.5, 0.6) is 11.5 Å². The van der Waals surface area contributed by atoms with Crippen molar-refractivity contribution in [3.8, 4) is 11.5 Å². The Balaban J connectivity index is 2.65. The molecule has 1 aromatic rings. The Morgan fingerprint density at radius 2 is 2.11 bits per heavy atom. The fourth-order valence-corrected chi connectivity index (χ4v) is 1.85. The maximum absolute atomic E-state index is 9.12. The largest absolute Gasteiger partial charge is 0.493 e. The number of ether oxygens (including phenoxy) is 2. The fraction of sp³-hybridized carbons (Fsp3) is 0.600. The molecule has 4 nitrogen and oxygen atoms in total. The molecule has 1 unspecified atom stereocenters. The van der Waals surface area contributed by atoms with Gasteiger partial charge in [0.05, 0.1) is 13.7 Å². The Kier molecular flexibility index (Phi) is 7.30. The molecule has 0 amide bonds. The molecule has 0 radical (unpaired) electrons. The first kappa shape index (κ1) is 15.8. The van der Waals surface area contributed by atoms with E-state index >= 15 is 0 Å². The molecule has 0 heterocycles. The van der Waals surface area contributed by atoms with Crippen LogP contribution < -0.4 is 15.2 Å². The van der Waals surface area contributed by atoms with Gasteiger partial charge in [-0.25, -0.2) is 0 Å². The number of hydrogen-bond acceptors (Lipinski definition) is 4. The molecular formula is C15H25NO3. The van der Waals surface area contributed by atoms with Crippen molar-refractivity contribution in [3.05, 3.63) is 23.8 Å². The molecule has 0 spiro atoms. The van der Waals surface area contributed by atoms with Crippen LogP contribution in [0, 0.1) is 5.92 Å². The van der Waals surface area contributed by atoms with Crippen molar-refractivity contribution in [3.63, 3.8) is 0 Å². The standard InChI is InChI=1S/C15H25NO3/c1-3-8-19-14-7-6-12(9-15(14)18-2)4-5-13(10-16)11-17/h6-7,9,13,17H,3-5,8,10-11,16H2,1-2H3. The topological polar surface area (TPSA) is 64.7 Å². The average Bonchev–Trinajstić information content (AvgIpc) is 2.46. The summed E-state index contributed by atoms with van der Waals surface area (Å²) in [6.07, 6.45) is 2.73. The van der Waals surface area contributed by atoms with E-state index in [1.165, 1.54) is 5.56 Å². The summed E-state index contributed by atoms with van der Waals surface area (Å²) >= 11 is 0. The molecular weight excluding hydrogens is 242 g/mol. The summed E-state index contributed by atoms with van der Waals surface area (Å²) in [6, 6.07) is 5.98. The van der Waals surface area contributed by atoms with E-state index in [1.807, 2.05) is 18.2 Å². The van der Waals surface area contributed by atoms with E-state index < -0.39 is 0 Å². The van der Waals surface area contributed by atoms with Gasteiger partial charge in [-0.1, -0.05) is 13.0 Å². The summed E-state index contributed by atoms with van der Waals surface area (Å²) in [4.78, 5) is 0. The van der Waals surface area contributed by atoms with Gasteiger partial charge in [-0.15, -0.1) is 0 Å². The van der Waals surface area contributed by atoms with Crippen LogP contribution in [-0.4, -0.2) is 32.0 Å². The van der Waals surface area contributed by atoms with E-state index in [4.69, 9.17) is 20.3 Å². The molecule has 0 aliphatic carbocycles. The lowest BCUT2D eigenvalue weighted by atomic mass is 10.00. The third-order valence-electron chi connectivity index (χ3n) is 3.12. The molecule has 0 saturated heterocycles. The highest BCUT2D eigenvalue weighted by Crippen LogP contribution is 2.28.